The van der Waals surface area contributed by atoms with Crippen molar-refractivity contribution in [2.75, 3.05) is 16.3 Å². The molecule has 0 atom stereocenters. The first kappa shape index (κ1) is 19.7. The zero-order valence-corrected chi connectivity index (χ0v) is 17.4. The van der Waals surface area contributed by atoms with Gasteiger partial charge in [-0.15, -0.1) is 0 Å². The number of halogens is 3. The fraction of sp³-hybridized carbons (Fsp3) is 0.0500. The van der Waals surface area contributed by atoms with Crippen LogP contribution in [0.25, 0.3) is 22.0 Å². The van der Waals surface area contributed by atoms with E-state index >= 15 is 0 Å². The number of hydrogen-bond donors (Lipinski definition) is 2. The van der Waals surface area contributed by atoms with E-state index in [1.807, 2.05) is 30.5 Å². The van der Waals surface area contributed by atoms with Gasteiger partial charge in [-0.3, -0.25) is 0 Å². The number of benzene rings is 2. The molecule has 2 heterocycles. The molecule has 4 rings (SSSR count). The van der Waals surface area contributed by atoms with Crippen molar-refractivity contribution in [3.8, 4) is 11.1 Å². The molecule has 2 N–H and O–H groups in total. The van der Waals surface area contributed by atoms with Gasteiger partial charge >= 0.3 is 0 Å². The summed E-state index contributed by atoms with van der Waals surface area (Å²) in [5, 5.41) is 4.43. The molecule has 0 aliphatic rings. The topological polar surface area (TPSA) is 62.7 Å². The Hall–Kier alpha value is -2.61. The molecule has 0 radical (unpaired) electrons. The van der Waals surface area contributed by atoms with E-state index in [4.69, 9.17) is 23.2 Å². The van der Waals surface area contributed by atoms with Crippen LogP contribution in [0.2, 0.25) is 10.2 Å². The average Bonchev–Trinajstić information content (AvgIpc) is 2.72. The molecule has 0 saturated carbocycles. The maximum absolute atomic E-state index is 13.4. The van der Waals surface area contributed by atoms with Gasteiger partial charge in [-0.2, -0.15) is 0 Å². The number of fused-ring (bicyclic) bond motifs is 1. The highest BCUT2D eigenvalue weighted by molar-refractivity contribution is 7.99. The van der Waals surface area contributed by atoms with Gasteiger partial charge in [0, 0.05) is 29.1 Å². The molecular formula is C20H14Cl2FN5S. The normalized spacial score (nSPS) is 10.9. The van der Waals surface area contributed by atoms with Gasteiger partial charge in [-0.1, -0.05) is 41.2 Å². The summed E-state index contributed by atoms with van der Waals surface area (Å²) in [6.07, 6.45) is 5.10. The number of rotatable bonds is 5. The Labute approximate surface area is 180 Å². The van der Waals surface area contributed by atoms with Gasteiger partial charge in [0.05, 0.1) is 16.2 Å². The van der Waals surface area contributed by atoms with Gasteiger partial charge in [-0.05, 0) is 42.0 Å². The van der Waals surface area contributed by atoms with Crippen molar-refractivity contribution >= 4 is 63.2 Å². The van der Waals surface area contributed by atoms with Crippen LogP contribution in [0.1, 0.15) is 0 Å². The van der Waals surface area contributed by atoms with Crippen molar-refractivity contribution in [1.29, 1.82) is 0 Å². The van der Waals surface area contributed by atoms with Gasteiger partial charge in [0.15, 0.2) is 5.15 Å². The zero-order chi connectivity index (χ0) is 20.4. The summed E-state index contributed by atoms with van der Waals surface area (Å²) < 4.78 is 16.6. The number of aromatic nitrogens is 3. The lowest BCUT2D eigenvalue weighted by Gasteiger charge is -2.11. The molecule has 0 fully saturated rings. The maximum atomic E-state index is 13.4. The molecule has 0 unspecified atom stereocenters. The van der Waals surface area contributed by atoms with Gasteiger partial charge in [0.2, 0.25) is 0 Å². The molecular weight excluding hydrogens is 432 g/mol. The van der Waals surface area contributed by atoms with E-state index in [0.29, 0.717) is 16.7 Å². The largest absolute Gasteiger partial charge is 0.340 e. The predicted molar refractivity (Wildman–Crippen MR) is 120 cm³/mol. The minimum atomic E-state index is -0.475. The summed E-state index contributed by atoms with van der Waals surface area (Å²) in [5.41, 5.74) is 3.96. The van der Waals surface area contributed by atoms with Crippen molar-refractivity contribution in [1.82, 2.24) is 15.0 Å². The SMILES string of the molecule is CSNc1cc(-c2ccc3ncnc(Nc4ccc(F)c(Cl)c4)c3c2)cnc1Cl. The second-order valence-electron chi connectivity index (χ2n) is 6.08. The fourth-order valence-corrected chi connectivity index (χ4v) is 3.60. The Bertz CT molecular complexity index is 1200. The van der Waals surface area contributed by atoms with Crippen molar-refractivity contribution in [2.24, 2.45) is 0 Å². The molecule has 0 bridgehead atoms. The molecule has 5 nitrogen and oxygen atoms in total. The van der Waals surface area contributed by atoms with Gasteiger partial charge in [0.1, 0.15) is 18.0 Å². The average molecular weight is 446 g/mol. The highest BCUT2D eigenvalue weighted by atomic mass is 35.5. The second-order valence-corrected chi connectivity index (χ2v) is 7.45. The van der Waals surface area contributed by atoms with E-state index in [9.17, 15) is 4.39 Å². The highest BCUT2D eigenvalue weighted by Gasteiger charge is 2.10. The maximum Gasteiger partial charge on any atom is 0.152 e. The summed E-state index contributed by atoms with van der Waals surface area (Å²) in [5.74, 6) is 0.112. The van der Waals surface area contributed by atoms with Gasteiger partial charge in [-0.25, -0.2) is 19.3 Å². The van der Waals surface area contributed by atoms with Crippen LogP contribution in [-0.2, 0) is 0 Å². The van der Waals surface area contributed by atoms with E-state index in [0.717, 1.165) is 27.7 Å². The summed E-state index contributed by atoms with van der Waals surface area (Å²) in [6.45, 7) is 0. The molecule has 29 heavy (non-hydrogen) atoms. The molecule has 2 aromatic carbocycles. The van der Waals surface area contributed by atoms with Gasteiger partial charge < -0.3 is 10.0 Å². The van der Waals surface area contributed by atoms with Crippen molar-refractivity contribution < 1.29 is 4.39 Å². The Morgan fingerprint density at radius 1 is 0.966 bits per heavy atom. The molecule has 9 heteroatoms. The standard InChI is InChI=1S/C20H14Cl2FN5S/c1-29-28-18-7-12(9-24-19(18)22)11-2-5-17-14(6-11)20(26-10-25-17)27-13-3-4-16(23)15(21)8-13/h2-10,28H,1H3,(H,25,26,27). The summed E-state index contributed by atoms with van der Waals surface area (Å²) in [7, 11) is 0. The second kappa shape index (κ2) is 8.41. The summed E-state index contributed by atoms with van der Waals surface area (Å²) >= 11 is 13.5. The minimum absolute atomic E-state index is 0.0371. The first-order chi connectivity index (χ1) is 14.0. The lowest BCUT2D eigenvalue weighted by Crippen LogP contribution is -1.97. The van der Waals surface area contributed by atoms with Gasteiger partial charge in [0.25, 0.3) is 0 Å². The lowest BCUT2D eigenvalue weighted by atomic mass is 10.0. The third-order valence-electron chi connectivity index (χ3n) is 4.20. The molecule has 0 aliphatic carbocycles. The smallest absolute Gasteiger partial charge is 0.152 e. The predicted octanol–water partition coefficient (Wildman–Crippen LogP) is 6.57. The molecule has 2 aromatic heterocycles. The molecule has 0 spiro atoms. The quantitative estimate of drug-likeness (QED) is 0.267. The Morgan fingerprint density at radius 3 is 2.62 bits per heavy atom. The number of anilines is 3. The molecule has 0 aliphatic heterocycles. The van der Waals surface area contributed by atoms with Crippen LogP contribution in [-0.4, -0.2) is 21.2 Å². The number of nitrogens with one attached hydrogen (secondary N) is 2. The van der Waals surface area contributed by atoms with Crippen molar-refractivity contribution in [3.63, 3.8) is 0 Å². The monoisotopic (exact) mass is 445 g/mol. The summed E-state index contributed by atoms with van der Waals surface area (Å²) in [6, 6.07) is 12.2. The third-order valence-corrected chi connectivity index (χ3v) is 5.22. The van der Waals surface area contributed by atoms with Crippen LogP contribution in [0.5, 0.6) is 0 Å². The van der Waals surface area contributed by atoms with E-state index in [-0.39, 0.29) is 5.02 Å². The lowest BCUT2D eigenvalue weighted by molar-refractivity contribution is 0.628. The zero-order valence-electron chi connectivity index (χ0n) is 15.1. The molecule has 4 aromatic rings. The molecule has 146 valence electrons. The highest BCUT2D eigenvalue weighted by Crippen LogP contribution is 2.32. The summed E-state index contributed by atoms with van der Waals surface area (Å²) in [4.78, 5) is 12.9. The van der Waals surface area contributed by atoms with Crippen molar-refractivity contribution in [2.45, 2.75) is 0 Å². The Kier molecular flexibility index (Phi) is 5.71. The van der Waals surface area contributed by atoms with Crippen LogP contribution < -0.4 is 10.0 Å². The third kappa shape index (κ3) is 4.22. The van der Waals surface area contributed by atoms with Crippen LogP contribution in [0.4, 0.5) is 21.6 Å². The Balaban J connectivity index is 1.76. The van der Waals surface area contributed by atoms with E-state index in [1.165, 1.54) is 30.4 Å². The number of hydrogen-bond acceptors (Lipinski definition) is 6. The van der Waals surface area contributed by atoms with Crippen LogP contribution in [0.15, 0.2) is 55.0 Å². The first-order valence-corrected chi connectivity index (χ1v) is 10.4. The van der Waals surface area contributed by atoms with Crippen molar-refractivity contribution in [3.05, 3.63) is 71.0 Å². The minimum Gasteiger partial charge on any atom is -0.340 e. The number of nitrogens with zero attached hydrogens (tertiary/aromatic N) is 3. The molecule has 0 saturated heterocycles. The van der Waals surface area contributed by atoms with Crippen LogP contribution in [0, 0.1) is 5.82 Å². The van der Waals surface area contributed by atoms with E-state index in [1.54, 1.807) is 12.3 Å². The number of pyridine rings is 1. The van der Waals surface area contributed by atoms with Crippen LogP contribution in [0.3, 0.4) is 0 Å². The fourth-order valence-electron chi connectivity index (χ4n) is 2.83. The van der Waals surface area contributed by atoms with Crippen LogP contribution >= 0.6 is 35.1 Å². The van der Waals surface area contributed by atoms with E-state index < -0.39 is 5.82 Å². The first-order valence-electron chi connectivity index (χ1n) is 8.47. The Morgan fingerprint density at radius 2 is 1.83 bits per heavy atom. The van der Waals surface area contributed by atoms with E-state index in [2.05, 4.69) is 25.0 Å². The molecule has 0 amide bonds.